The Kier molecular flexibility index (Phi) is 6.96. The van der Waals surface area contributed by atoms with Crippen molar-refractivity contribution in [1.29, 1.82) is 5.26 Å². The average Bonchev–Trinajstić information content (AvgIpc) is 2.45. The van der Waals surface area contributed by atoms with Crippen molar-refractivity contribution in [3.8, 4) is 6.07 Å². The summed E-state index contributed by atoms with van der Waals surface area (Å²) < 4.78 is 11.2. The van der Waals surface area contributed by atoms with Crippen LogP contribution in [0.3, 0.4) is 0 Å². The SMILES string of the molecule is CC(CCNC(=O)C(C#N)Cc1ccccc1)S(C)=O. The van der Waals surface area contributed by atoms with Crippen LogP contribution >= 0.6 is 0 Å². The largest absolute Gasteiger partial charge is 0.355 e. The Hall–Kier alpha value is -1.67. The van der Waals surface area contributed by atoms with Gasteiger partial charge >= 0.3 is 0 Å². The lowest BCUT2D eigenvalue weighted by Gasteiger charge is -2.12. The second-order valence-corrected chi connectivity index (χ2v) is 6.56. The highest BCUT2D eigenvalue weighted by Crippen LogP contribution is 2.08. The van der Waals surface area contributed by atoms with Crippen molar-refractivity contribution in [1.82, 2.24) is 5.32 Å². The molecule has 1 aromatic rings. The minimum Gasteiger partial charge on any atom is -0.355 e. The van der Waals surface area contributed by atoms with E-state index < -0.39 is 16.7 Å². The fourth-order valence-electron chi connectivity index (χ4n) is 1.73. The summed E-state index contributed by atoms with van der Waals surface area (Å²) in [5.41, 5.74) is 0.970. The fourth-order valence-corrected chi connectivity index (χ4v) is 2.18. The molecule has 5 heteroatoms. The molecule has 1 amide bonds. The van der Waals surface area contributed by atoms with Crippen molar-refractivity contribution < 1.29 is 9.00 Å². The van der Waals surface area contributed by atoms with E-state index in [1.54, 1.807) is 6.26 Å². The van der Waals surface area contributed by atoms with Gasteiger partial charge in [0.25, 0.3) is 0 Å². The van der Waals surface area contributed by atoms with Crippen LogP contribution in [0.2, 0.25) is 0 Å². The van der Waals surface area contributed by atoms with Gasteiger partial charge in [-0.25, -0.2) is 0 Å². The van der Waals surface area contributed by atoms with Gasteiger partial charge in [0.2, 0.25) is 5.91 Å². The Labute approximate surface area is 122 Å². The van der Waals surface area contributed by atoms with Crippen molar-refractivity contribution in [2.75, 3.05) is 12.8 Å². The fraction of sp³-hybridized carbons (Fsp3) is 0.467. The number of carbonyl (C=O) groups excluding carboxylic acids is 1. The third-order valence-corrected chi connectivity index (χ3v) is 4.54. The summed E-state index contributed by atoms with van der Waals surface area (Å²) in [5, 5.41) is 11.9. The zero-order valence-corrected chi connectivity index (χ0v) is 12.7. The number of amides is 1. The molecule has 3 unspecified atom stereocenters. The standard InChI is InChI=1S/C15H20N2O2S/c1-12(20(2)19)8-9-17-15(18)14(11-16)10-13-6-4-3-5-7-13/h3-7,12,14H,8-10H2,1-2H3,(H,17,18). The van der Waals surface area contributed by atoms with Gasteiger partial charge in [-0.3, -0.25) is 9.00 Å². The van der Waals surface area contributed by atoms with Gasteiger partial charge in [-0.1, -0.05) is 37.3 Å². The van der Waals surface area contributed by atoms with Gasteiger partial charge in [-0.2, -0.15) is 5.26 Å². The van der Waals surface area contributed by atoms with Crippen molar-refractivity contribution in [2.24, 2.45) is 5.92 Å². The van der Waals surface area contributed by atoms with Crippen LogP contribution in [0.1, 0.15) is 18.9 Å². The quantitative estimate of drug-likeness (QED) is 0.830. The summed E-state index contributed by atoms with van der Waals surface area (Å²) in [4.78, 5) is 11.9. The van der Waals surface area contributed by atoms with Crippen LogP contribution in [0.15, 0.2) is 30.3 Å². The molecule has 4 nitrogen and oxygen atoms in total. The first-order chi connectivity index (χ1) is 9.54. The van der Waals surface area contributed by atoms with Gasteiger partial charge in [0, 0.05) is 28.9 Å². The summed E-state index contributed by atoms with van der Waals surface area (Å²) in [6, 6.07) is 11.5. The molecule has 1 rings (SSSR count). The third kappa shape index (κ3) is 5.54. The Bertz CT molecular complexity index is 496. The highest BCUT2D eigenvalue weighted by Gasteiger charge is 2.18. The minimum atomic E-state index is -0.885. The van der Waals surface area contributed by atoms with E-state index in [2.05, 4.69) is 5.32 Å². The molecule has 0 radical (unpaired) electrons. The van der Waals surface area contributed by atoms with Crippen LogP contribution in [0, 0.1) is 17.2 Å². The highest BCUT2D eigenvalue weighted by molar-refractivity contribution is 7.84. The first-order valence-electron chi connectivity index (χ1n) is 6.58. The molecule has 0 aromatic heterocycles. The minimum absolute atomic E-state index is 0.0463. The van der Waals surface area contributed by atoms with E-state index in [9.17, 15) is 9.00 Å². The Morgan fingerprint density at radius 2 is 2.05 bits per heavy atom. The summed E-state index contributed by atoms with van der Waals surface area (Å²) in [5.74, 6) is -0.940. The van der Waals surface area contributed by atoms with Gasteiger partial charge < -0.3 is 5.32 Å². The van der Waals surface area contributed by atoms with Crippen LogP contribution < -0.4 is 5.32 Å². The maximum Gasteiger partial charge on any atom is 0.237 e. The molecule has 0 saturated carbocycles. The normalized spacial score (nSPS) is 14.8. The molecule has 0 aliphatic carbocycles. The van der Waals surface area contributed by atoms with E-state index in [1.807, 2.05) is 43.3 Å². The van der Waals surface area contributed by atoms with Crippen LogP contribution in [0.4, 0.5) is 0 Å². The maximum absolute atomic E-state index is 11.9. The number of benzene rings is 1. The molecule has 20 heavy (non-hydrogen) atoms. The molecular formula is C15H20N2O2S. The average molecular weight is 292 g/mol. The molecule has 0 saturated heterocycles. The number of carbonyl (C=O) groups is 1. The van der Waals surface area contributed by atoms with E-state index in [0.717, 1.165) is 5.56 Å². The molecule has 0 aliphatic heterocycles. The molecule has 3 atom stereocenters. The van der Waals surface area contributed by atoms with Gasteiger partial charge in [-0.15, -0.1) is 0 Å². The Balaban J connectivity index is 2.44. The summed E-state index contributed by atoms with van der Waals surface area (Å²) >= 11 is 0. The Morgan fingerprint density at radius 3 is 2.60 bits per heavy atom. The zero-order valence-electron chi connectivity index (χ0n) is 11.8. The Morgan fingerprint density at radius 1 is 1.40 bits per heavy atom. The summed E-state index contributed by atoms with van der Waals surface area (Å²) in [6.07, 6.45) is 2.72. The second kappa shape index (κ2) is 8.49. The first-order valence-corrected chi connectivity index (χ1v) is 8.20. The van der Waals surface area contributed by atoms with Gasteiger partial charge in [0.05, 0.1) is 6.07 Å². The van der Waals surface area contributed by atoms with E-state index in [-0.39, 0.29) is 11.2 Å². The van der Waals surface area contributed by atoms with E-state index >= 15 is 0 Å². The maximum atomic E-state index is 11.9. The number of nitrogens with one attached hydrogen (secondary N) is 1. The number of rotatable bonds is 7. The zero-order chi connectivity index (χ0) is 15.0. The molecule has 0 fully saturated rings. The van der Waals surface area contributed by atoms with Crippen molar-refractivity contribution >= 4 is 16.7 Å². The number of nitriles is 1. The lowest BCUT2D eigenvalue weighted by molar-refractivity contribution is -0.123. The smallest absolute Gasteiger partial charge is 0.237 e. The second-order valence-electron chi connectivity index (χ2n) is 4.76. The molecule has 0 heterocycles. The molecular weight excluding hydrogens is 272 g/mol. The predicted molar refractivity (Wildman–Crippen MR) is 80.4 cm³/mol. The van der Waals surface area contributed by atoms with Crippen LogP contribution in [0.25, 0.3) is 0 Å². The molecule has 1 aromatic carbocycles. The van der Waals surface area contributed by atoms with E-state index in [0.29, 0.717) is 19.4 Å². The molecule has 0 aliphatic rings. The van der Waals surface area contributed by atoms with Gasteiger partial charge in [0.15, 0.2) is 0 Å². The molecule has 0 spiro atoms. The topological polar surface area (TPSA) is 70.0 Å². The molecule has 108 valence electrons. The number of nitrogens with zero attached hydrogens (tertiary/aromatic N) is 1. The van der Waals surface area contributed by atoms with Gasteiger partial charge in [0.1, 0.15) is 5.92 Å². The van der Waals surface area contributed by atoms with Crippen molar-refractivity contribution in [3.05, 3.63) is 35.9 Å². The number of hydrogen-bond acceptors (Lipinski definition) is 3. The highest BCUT2D eigenvalue weighted by atomic mass is 32.2. The third-order valence-electron chi connectivity index (χ3n) is 3.17. The first kappa shape index (κ1) is 16.4. The van der Waals surface area contributed by atoms with Crippen LogP contribution in [-0.2, 0) is 22.0 Å². The van der Waals surface area contributed by atoms with E-state index in [4.69, 9.17) is 5.26 Å². The lowest BCUT2D eigenvalue weighted by atomic mass is 10.00. The molecule has 1 N–H and O–H groups in total. The monoisotopic (exact) mass is 292 g/mol. The van der Waals surface area contributed by atoms with Crippen LogP contribution in [0.5, 0.6) is 0 Å². The van der Waals surface area contributed by atoms with E-state index in [1.165, 1.54) is 0 Å². The van der Waals surface area contributed by atoms with Crippen molar-refractivity contribution in [2.45, 2.75) is 25.0 Å². The number of hydrogen-bond donors (Lipinski definition) is 1. The van der Waals surface area contributed by atoms with Crippen LogP contribution in [-0.4, -0.2) is 28.2 Å². The molecule has 0 bridgehead atoms. The lowest BCUT2D eigenvalue weighted by Crippen LogP contribution is -2.33. The van der Waals surface area contributed by atoms with Crippen molar-refractivity contribution in [3.63, 3.8) is 0 Å². The summed E-state index contributed by atoms with van der Waals surface area (Å²) in [7, 11) is -0.885. The predicted octanol–water partition coefficient (Wildman–Crippen LogP) is 1.64. The van der Waals surface area contributed by atoms with Gasteiger partial charge in [-0.05, 0) is 18.4 Å². The summed E-state index contributed by atoms with van der Waals surface area (Å²) in [6.45, 7) is 2.33.